The average molecular weight is 249 g/mol. The normalized spacial score (nSPS) is 17.9. The van der Waals surface area contributed by atoms with Gasteiger partial charge in [0.2, 0.25) is 0 Å². The van der Waals surface area contributed by atoms with Gasteiger partial charge in [0.25, 0.3) is 0 Å². The molecule has 0 saturated carbocycles. The molecular weight excluding hydrogens is 222 g/mol. The van der Waals surface area contributed by atoms with E-state index in [2.05, 4.69) is 28.7 Å². The number of anilines is 1. The largest absolute Gasteiger partial charge is 0.355 e. The van der Waals surface area contributed by atoms with Crippen LogP contribution in [-0.2, 0) is 0 Å². The molecule has 2 rings (SSSR count). The second kappa shape index (κ2) is 8.06. The van der Waals surface area contributed by atoms with E-state index >= 15 is 0 Å². The van der Waals surface area contributed by atoms with Gasteiger partial charge in [-0.05, 0) is 24.7 Å². The number of nitrogens with zero attached hydrogens (tertiary/aromatic N) is 3. The molecule has 1 fully saturated rings. The van der Waals surface area contributed by atoms with Crippen LogP contribution in [0.3, 0.4) is 0 Å². The Labute approximate surface area is 112 Å². The number of aromatic nitrogens is 2. The number of piperidine rings is 1. The van der Waals surface area contributed by atoms with Crippen LogP contribution >= 0.6 is 0 Å². The molecular formula is C15H27N3. The summed E-state index contributed by atoms with van der Waals surface area (Å²) in [6.07, 6.45) is 9.27. The minimum atomic E-state index is 0.865. The van der Waals surface area contributed by atoms with Crippen molar-refractivity contribution in [3.63, 3.8) is 0 Å². The van der Waals surface area contributed by atoms with Crippen molar-refractivity contribution in [1.29, 1.82) is 0 Å². The second-order valence-electron chi connectivity index (χ2n) is 4.77. The highest BCUT2D eigenvalue weighted by Gasteiger charge is 2.23. The topological polar surface area (TPSA) is 29.0 Å². The highest BCUT2D eigenvalue weighted by atomic mass is 15.2. The molecule has 0 spiro atoms. The number of rotatable bonds is 3. The summed E-state index contributed by atoms with van der Waals surface area (Å²) in [6, 6.07) is 0. The molecule has 1 aliphatic rings. The van der Waals surface area contributed by atoms with Crippen molar-refractivity contribution in [2.24, 2.45) is 11.8 Å². The maximum atomic E-state index is 4.36. The molecule has 3 nitrogen and oxygen atoms in total. The Hall–Kier alpha value is -1.12. The first-order valence-electron chi connectivity index (χ1n) is 7.32. The van der Waals surface area contributed by atoms with Crippen molar-refractivity contribution in [1.82, 2.24) is 9.97 Å². The molecule has 1 unspecified atom stereocenters. The van der Waals surface area contributed by atoms with Gasteiger partial charge in [0.1, 0.15) is 5.82 Å². The lowest BCUT2D eigenvalue weighted by Crippen LogP contribution is -2.36. The van der Waals surface area contributed by atoms with Crippen molar-refractivity contribution >= 4 is 5.82 Å². The zero-order valence-electron chi connectivity index (χ0n) is 12.3. The molecule has 0 amide bonds. The summed E-state index contributed by atoms with van der Waals surface area (Å²) in [7, 11) is 0. The van der Waals surface area contributed by atoms with Gasteiger partial charge in [0.05, 0.1) is 6.20 Å². The van der Waals surface area contributed by atoms with Gasteiger partial charge in [0.15, 0.2) is 0 Å². The molecule has 1 aliphatic heterocycles. The molecule has 2 heterocycles. The smallest absolute Gasteiger partial charge is 0.147 e. The Morgan fingerprint density at radius 3 is 2.44 bits per heavy atom. The molecule has 1 aromatic rings. The van der Waals surface area contributed by atoms with Gasteiger partial charge in [-0.3, -0.25) is 4.98 Å². The first-order valence-corrected chi connectivity index (χ1v) is 7.32. The average Bonchev–Trinajstić information content (AvgIpc) is 2.49. The standard InChI is InChI=1S/C13H21N3.C2H6/c1-3-11(2)12-4-8-16(9-5-12)13-10-14-6-7-15-13;1-2/h6-7,10-12H,3-5,8-9H2,1-2H3;1-2H3. The van der Waals surface area contributed by atoms with E-state index in [0.717, 1.165) is 30.7 Å². The summed E-state index contributed by atoms with van der Waals surface area (Å²) in [5.41, 5.74) is 0. The van der Waals surface area contributed by atoms with Crippen LogP contribution in [0.4, 0.5) is 5.82 Å². The molecule has 0 bridgehead atoms. The molecule has 0 radical (unpaired) electrons. The predicted octanol–water partition coefficient (Wildman–Crippen LogP) is 3.77. The van der Waals surface area contributed by atoms with Crippen LogP contribution in [0.15, 0.2) is 18.6 Å². The SMILES string of the molecule is CC.CCC(C)C1CCN(c2cnccn2)CC1. The van der Waals surface area contributed by atoms with Crippen LogP contribution in [-0.4, -0.2) is 23.1 Å². The summed E-state index contributed by atoms with van der Waals surface area (Å²) >= 11 is 0. The third kappa shape index (κ3) is 3.97. The van der Waals surface area contributed by atoms with E-state index < -0.39 is 0 Å². The molecule has 3 heteroatoms. The Balaban J connectivity index is 0.000000771. The Morgan fingerprint density at radius 1 is 1.28 bits per heavy atom. The van der Waals surface area contributed by atoms with E-state index in [1.165, 1.54) is 19.3 Å². The van der Waals surface area contributed by atoms with Crippen molar-refractivity contribution in [2.75, 3.05) is 18.0 Å². The van der Waals surface area contributed by atoms with Crippen molar-refractivity contribution in [3.8, 4) is 0 Å². The lowest BCUT2D eigenvalue weighted by atomic mass is 9.84. The Kier molecular flexibility index (Phi) is 6.69. The zero-order valence-corrected chi connectivity index (χ0v) is 12.3. The summed E-state index contributed by atoms with van der Waals surface area (Å²) in [4.78, 5) is 10.8. The fourth-order valence-electron chi connectivity index (χ4n) is 2.49. The van der Waals surface area contributed by atoms with E-state index in [1.54, 1.807) is 12.4 Å². The van der Waals surface area contributed by atoms with Crippen LogP contribution in [0, 0.1) is 11.8 Å². The first-order chi connectivity index (χ1) is 8.81. The molecule has 1 aromatic heterocycles. The zero-order chi connectivity index (χ0) is 13.4. The molecule has 1 atom stereocenters. The third-order valence-corrected chi connectivity index (χ3v) is 3.86. The fraction of sp³-hybridized carbons (Fsp3) is 0.733. The Morgan fingerprint density at radius 2 is 1.94 bits per heavy atom. The van der Waals surface area contributed by atoms with Crippen LogP contribution in [0.2, 0.25) is 0 Å². The molecule has 1 saturated heterocycles. The van der Waals surface area contributed by atoms with Crippen molar-refractivity contribution in [2.45, 2.75) is 47.0 Å². The van der Waals surface area contributed by atoms with Gasteiger partial charge in [-0.15, -0.1) is 0 Å². The molecule has 102 valence electrons. The third-order valence-electron chi connectivity index (χ3n) is 3.86. The van der Waals surface area contributed by atoms with Gasteiger partial charge in [0, 0.05) is 25.5 Å². The van der Waals surface area contributed by atoms with E-state index in [1.807, 2.05) is 20.0 Å². The molecule has 0 N–H and O–H groups in total. The summed E-state index contributed by atoms with van der Waals surface area (Å²) in [6.45, 7) is 10.9. The minimum absolute atomic E-state index is 0.865. The maximum absolute atomic E-state index is 4.36. The highest BCUT2D eigenvalue weighted by molar-refractivity contribution is 5.35. The van der Waals surface area contributed by atoms with Gasteiger partial charge in [-0.1, -0.05) is 34.1 Å². The fourth-order valence-corrected chi connectivity index (χ4v) is 2.49. The van der Waals surface area contributed by atoms with Crippen LogP contribution in [0.25, 0.3) is 0 Å². The monoisotopic (exact) mass is 249 g/mol. The molecule has 18 heavy (non-hydrogen) atoms. The predicted molar refractivity (Wildman–Crippen MR) is 77.8 cm³/mol. The van der Waals surface area contributed by atoms with Crippen LogP contribution in [0.1, 0.15) is 47.0 Å². The quantitative estimate of drug-likeness (QED) is 0.816. The van der Waals surface area contributed by atoms with Gasteiger partial charge < -0.3 is 4.90 Å². The van der Waals surface area contributed by atoms with E-state index in [4.69, 9.17) is 0 Å². The maximum Gasteiger partial charge on any atom is 0.147 e. The summed E-state index contributed by atoms with van der Waals surface area (Å²) in [5, 5.41) is 0. The van der Waals surface area contributed by atoms with E-state index in [0.29, 0.717) is 0 Å². The summed E-state index contributed by atoms with van der Waals surface area (Å²) in [5.74, 6) is 2.80. The molecule has 0 aliphatic carbocycles. The lowest BCUT2D eigenvalue weighted by molar-refractivity contribution is 0.285. The van der Waals surface area contributed by atoms with Crippen LogP contribution in [0.5, 0.6) is 0 Å². The van der Waals surface area contributed by atoms with E-state index in [9.17, 15) is 0 Å². The van der Waals surface area contributed by atoms with Crippen molar-refractivity contribution < 1.29 is 0 Å². The van der Waals surface area contributed by atoms with Crippen LogP contribution < -0.4 is 4.90 Å². The molecule has 0 aromatic carbocycles. The number of hydrogen-bond donors (Lipinski definition) is 0. The van der Waals surface area contributed by atoms with Crippen molar-refractivity contribution in [3.05, 3.63) is 18.6 Å². The highest BCUT2D eigenvalue weighted by Crippen LogP contribution is 2.28. The van der Waals surface area contributed by atoms with Gasteiger partial charge >= 0.3 is 0 Å². The van der Waals surface area contributed by atoms with Gasteiger partial charge in [-0.2, -0.15) is 0 Å². The second-order valence-corrected chi connectivity index (χ2v) is 4.77. The van der Waals surface area contributed by atoms with Gasteiger partial charge in [-0.25, -0.2) is 4.98 Å². The Bertz CT molecular complexity index is 305. The lowest BCUT2D eigenvalue weighted by Gasteiger charge is -2.35. The number of hydrogen-bond acceptors (Lipinski definition) is 3. The first kappa shape index (κ1) is 14.9. The summed E-state index contributed by atoms with van der Waals surface area (Å²) < 4.78 is 0. The van der Waals surface area contributed by atoms with E-state index in [-0.39, 0.29) is 0 Å². The minimum Gasteiger partial charge on any atom is -0.355 e.